The molecule has 6 nitrogen and oxygen atoms in total. The van der Waals surface area contributed by atoms with Crippen molar-refractivity contribution in [3.63, 3.8) is 0 Å². The smallest absolute Gasteiger partial charge is 0.244 e. The van der Waals surface area contributed by atoms with E-state index in [1.54, 1.807) is 59.8 Å². The molecule has 1 aliphatic rings. The van der Waals surface area contributed by atoms with Crippen LogP contribution < -0.4 is 0 Å². The highest BCUT2D eigenvalue weighted by Gasteiger charge is 2.33. The molecule has 0 radical (unpaired) electrons. The topological polar surface area (TPSA) is 72.3 Å². The van der Waals surface area contributed by atoms with E-state index < -0.39 is 9.84 Å². The van der Waals surface area contributed by atoms with Crippen LogP contribution >= 0.6 is 0 Å². The SMILES string of the molecule is O=C(Cn1cc(-c2ccc(F)cc2)cn1)N1CCCC1CS(=O)(=O)c1ccccc1. The van der Waals surface area contributed by atoms with E-state index in [4.69, 9.17) is 0 Å². The Hall–Kier alpha value is -3.00. The lowest BCUT2D eigenvalue weighted by Crippen LogP contribution is -2.41. The summed E-state index contributed by atoms with van der Waals surface area (Å²) >= 11 is 0. The third kappa shape index (κ3) is 4.43. The Morgan fingerprint density at radius 2 is 1.80 bits per heavy atom. The molecule has 1 atom stereocenters. The number of hydrogen-bond acceptors (Lipinski definition) is 4. The van der Waals surface area contributed by atoms with E-state index in [2.05, 4.69) is 5.10 Å². The second kappa shape index (κ2) is 8.39. The van der Waals surface area contributed by atoms with Crippen LogP contribution in [0.2, 0.25) is 0 Å². The molecular formula is C22H22FN3O3S. The maximum Gasteiger partial charge on any atom is 0.244 e. The monoisotopic (exact) mass is 427 g/mol. The largest absolute Gasteiger partial charge is 0.337 e. The van der Waals surface area contributed by atoms with Gasteiger partial charge in [-0.05, 0) is 42.7 Å². The second-order valence-electron chi connectivity index (χ2n) is 7.41. The normalized spacial score (nSPS) is 16.7. The Morgan fingerprint density at radius 3 is 2.53 bits per heavy atom. The van der Waals surface area contributed by atoms with Gasteiger partial charge in [0.05, 0.1) is 16.8 Å². The highest BCUT2D eigenvalue weighted by atomic mass is 32.2. The van der Waals surface area contributed by atoms with Crippen LogP contribution in [-0.2, 0) is 21.2 Å². The van der Waals surface area contributed by atoms with Crippen molar-refractivity contribution in [1.29, 1.82) is 0 Å². The number of rotatable bonds is 6. The number of amides is 1. The van der Waals surface area contributed by atoms with E-state index in [0.717, 1.165) is 17.5 Å². The first-order valence-corrected chi connectivity index (χ1v) is 11.4. The molecule has 30 heavy (non-hydrogen) atoms. The summed E-state index contributed by atoms with van der Waals surface area (Å²) in [4.78, 5) is 14.8. The fraction of sp³-hybridized carbons (Fsp3) is 0.273. The van der Waals surface area contributed by atoms with Gasteiger partial charge in [-0.25, -0.2) is 12.8 Å². The van der Waals surface area contributed by atoms with Crippen LogP contribution in [0.3, 0.4) is 0 Å². The number of hydrogen-bond donors (Lipinski definition) is 0. The molecule has 8 heteroatoms. The number of aromatic nitrogens is 2. The van der Waals surface area contributed by atoms with Gasteiger partial charge in [0.2, 0.25) is 5.91 Å². The first kappa shape index (κ1) is 20.3. The summed E-state index contributed by atoms with van der Waals surface area (Å²) in [5.74, 6) is -0.552. The van der Waals surface area contributed by atoms with Gasteiger partial charge in [0.25, 0.3) is 0 Å². The van der Waals surface area contributed by atoms with Crippen LogP contribution in [0.25, 0.3) is 11.1 Å². The standard InChI is InChI=1S/C22H22FN3O3S/c23-19-10-8-17(9-11-19)18-13-24-25(14-18)15-22(27)26-12-4-5-20(26)16-30(28,29)21-6-2-1-3-7-21/h1-3,6-11,13-14,20H,4-5,12,15-16H2. The van der Waals surface area contributed by atoms with Gasteiger partial charge >= 0.3 is 0 Å². The zero-order chi connectivity index (χ0) is 21.1. The Morgan fingerprint density at radius 1 is 1.07 bits per heavy atom. The van der Waals surface area contributed by atoms with E-state index in [0.29, 0.717) is 13.0 Å². The molecule has 3 aromatic rings. The molecule has 1 amide bonds. The van der Waals surface area contributed by atoms with Crippen LogP contribution in [-0.4, -0.2) is 47.3 Å². The minimum atomic E-state index is -3.47. The highest BCUT2D eigenvalue weighted by molar-refractivity contribution is 7.91. The van der Waals surface area contributed by atoms with Gasteiger partial charge in [-0.3, -0.25) is 9.48 Å². The molecule has 0 aliphatic carbocycles. The number of benzene rings is 2. The zero-order valence-electron chi connectivity index (χ0n) is 16.3. The van der Waals surface area contributed by atoms with Crippen molar-refractivity contribution < 1.29 is 17.6 Å². The quantitative estimate of drug-likeness (QED) is 0.606. The molecule has 1 aromatic heterocycles. The average molecular weight is 428 g/mol. The van der Waals surface area contributed by atoms with Crippen LogP contribution in [0.1, 0.15) is 12.8 Å². The van der Waals surface area contributed by atoms with E-state index >= 15 is 0 Å². The lowest BCUT2D eigenvalue weighted by Gasteiger charge is -2.24. The Labute approximate surface area is 174 Å². The lowest BCUT2D eigenvalue weighted by molar-refractivity contribution is -0.132. The number of carbonyl (C=O) groups excluding carboxylic acids is 1. The molecule has 4 rings (SSSR count). The maximum absolute atomic E-state index is 13.1. The van der Waals surface area contributed by atoms with E-state index in [9.17, 15) is 17.6 Å². The van der Waals surface area contributed by atoms with Crippen LogP contribution in [0, 0.1) is 5.82 Å². The molecular weight excluding hydrogens is 405 g/mol. The molecule has 1 unspecified atom stereocenters. The van der Waals surface area contributed by atoms with Gasteiger partial charge in [0.1, 0.15) is 12.4 Å². The van der Waals surface area contributed by atoms with Crippen molar-refractivity contribution in [2.75, 3.05) is 12.3 Å². The van der Waals surface area contributed by atoms with Crippen LogP contribution in [0.4, 0.5) is 4.39 Å². The highest BCUT2D eigenvalue weighted by Crippen LogP contribution is 2.23. The number of halogens is 1. The van der Waals surface area contributed by atoms with E-state index in [-0.39, 0.29) is 35.0 Å². The van der Waals surface area contributed by atoms with Gasteiger partial charge in [0.15, 0.2) is 9.84 Å². The van der Waals surface area contributed by atoms with Gasteiger partial charge in [-0.2, -0.15) is 5.10 Å². The number of nitrogens with zero attached hydrogens (tertiary/aromatic N) is 3. The van der Waals surface area contributed by atoms with Crippen molar-refractivity contribution in [3.8, 4) is 11.1 Å². The summed E-state index contributed by atoms with van der Waals surface area (Å²) in [6.07, 6.45) is 4.80. The second-order valence-corrected chi connectivity index (χ2v) is 9.45. The minimum absolute atomic E-state index is 0.0308. The fourth-order valence-corrected chi connectivity index (χ4v) is 5.40. The van der Waals surface area contributed by atoms with Gasteiger partial charge in [-0.15, -0.1) is 0 Å². The van der Waals surface area contributed by atoms with Gasteiger partial charge in [0, 0.05) is 24.3 Å². The summed E-state index contributed by atoms with van der Waals surface area (Å²) in [6.45, 7) is 0.572. The minimum Gasteiger partial charge on any atom is -0.337 e. The average Bonchev–Trinajstić information content (AvgIpc) is 3.38. The Kier molecular flexibility index (Phi) is 5.67. The number of sulfone groups is 1. The summed E-state index contributed by atoms with van der Waals surface area (Å²) in [6, 6.07) is 14.0. The number of carbonyl (C=O) groups is 1. The maximum atomic E-state index is 13.1. The molecule has 1 saturated heterocycles. The molecule has 0 saturated carbocycles. The fourth-order valence-electron chi connectivity index (χ4n) is 3.79. The number of likely N-dealkylation sites (tertiary alicyclic amines) is 1. The predicted molar refractivity (Wildman–Crippen MR) is 111 cm³/mol. The molecule has 0 N–H and O–H groups in total. The Bertz CT molecular complexity index is 1130. The van der Waals surface area contributed by atoms with Crippen molar-refractivity contribution >= 4 is 15.7 Å². The summed E-state index contributed by atoms with van der Waals surface area (Å²) in [7, 11) is -3.47. The molecule has 156 valence electrons. The zero-order valence-corrected chi connectivity index (χ0v) is 17.1. The molecule has 1 aliphatic heterocycles. The summed E-state index contributed by atoms with van der Waals surface area (Å²) in [5.41, 5.74) is 1.59. The molecule has 2 aromatic carbocycles. The van der Waals surface area contributed by atoms with Crippen molar-refractivity contribution in [2.24, 2.45) is 0 Å². The molecule has 0 spiro atoms. The van der Waals surface area contributed by atoms with Crippen molar-refractivity contribution in [2.45, 2.75) is 30.3 Å². The van der Waals surface area contributed by atoms with E-state index in [1.165, 1.54) is 16.8 Å². The summed E-state index contributed by atoms with van der Waals surface area (Å²) < 4.78 is 40.1. The third-order valence-corrected chi connectivity index (χ3v) is 7.13. The third-order valence-electron chi connectivity index (χ3n) is 5.32. The van der Waals surface area contributed by atoms with Gasteiger partial charge < -0.3 is 4.90 Å². The predicted octanol–water partition coefficient (Wildman–Crippen LogP) is 3.15. The first-order valence-electron chi connectivity index (χ1n) is 9.78. The van der Waals surface area contributed by atoms with Crippen molar-refractivity contribution in [1.82, 2.24) is 14.7 Å². The molecule has 0 bridgehead atoms. The first-order chi connectivity index (χ1) is 14.4. The van der Waals surface area contributed by atoms with E-state index in [1.807, 2.05) is 0 Å². The van der Waals surface area contributed by atoms with Crippen LogP contribution in [0.5, 0.6) is 0 Å². The summed E-state index contributed by atoms with van der Waals surface area (Å²) in [5, 5.41) is 4.23. The van der Waals surface area contributed by atoms with Gasteiger partial charge in [-0.1, -0.05) is 30.3 Å². The molecule has 1 fully saturated rings. The lowest BCUT2D eigenvalue weighted by atomic mass is 10.1. The van der Waals surface area contributed by atoms with Crippen molar-refractivity contribution in [3.05, 3.63) is 72.8 Å². The Balaban J connectivity index is 1.43. The van der Waals surface area contributed by atoms with Crippen LogP contribution in [0.15, 0.2) is 71.9 Å². The molecule has 2 heterocycles.